The minimum Gasteiger partial charge on any atom is -0.491 e. The van der Waals surface area contributed by atoms with Gasteiger partial charge in [0.2, 0.25) is 0 Å². The van der Waals surface area contributed by atoms with Gasteiger partial charge in [0.15, 0.2) is 9.84 Å². The highest BCUT2D eigenvalue weighted by molar-refractivity contribution is 7.91. The van der Waals surface area contributed by atoms with Crippen molar-refractivity contribution in [3.63, 3.8) is 0 Å². The third kappa shape index (κ3) is 6.48. The Kier molecular flexibility index (Phi) is 7.73. The van der Waals surface area contributed by atoms with Crippen LogP contribution in [0.3, 0.4) is 0 Å². The fraction of sp³-hybridized carbons (Fsp3) is 0.320. The second-order valence-corrected chi connectivity index (χ2v) is 11.1. The van der Waals surface area contributed by atoms with Gasteiger partial charge in [-0.05, 0) is 55.0 Å². The van der Waals surface area contributed by atoms with Gasteiger partial charge < -0.3 is 14.3 Å². The molecule has 3 aromatic rings. The van der Waals surface area contributed by atoms with Gasteiger partial charge in [0.25, 0.3) is 0 Å². The first-order valence-corrected chi connectivity index (χ1v) is 13.2. The van der Waals surface area contributed by atoms with Crippen LogP contribution in [0, 0.1) is 0 Å². The number of carbonyl (C=O) groups is 1. The molecule has 0 saturated carbocycles. The van der Waals surface area contributed by atoms with Gasteiger partial charge >= 0.3 is 0 Å². The van der Waals surface area contributed by atoms with Crippen LogP contribution >= 0.6 is 11.6 Å². The van der Waals surface area contributed by atoms with Crippen LogP contribution in [0.2, 0.25) is 5.02 Å². The Morgan fingerprint density at radius 3 is 2.65 bits per heavy atom. The number of aliphatic hydroxyl groups excluding tert-OH is 1. The minimum absolute atomic E-state index is 0.0301. The quantitative estimate of drug-likeness (QED) is 0.420. The number of rotatable bonds is 10. The molecule has 2 aromatic carbocycles. The monoisotopic (exact) mass is 503 g/mol. The van der Waals surface area contributed by atoms with Gasteiger partial charge in [-0.3, -0.25) is 9.69 Å². The van der Waals surface area contributed by atoms with E-state index in [1.807, 2.05) is 35.2 Å². The predicted molar refractivity (Wildman–Crippen MR) is 130 cm³/mol. The second kappa shape index (κ2) is 10.7. The Morgan fingerprint density at radius 1 is 1.18 bits per heavy atom. The maximum absolute atomic E-state index is 12.1. The van der Waals surface area contributed by atoms with E-state index in [4.69, 9.17) is 20.8 Å². The van der Waals surface area contributed by atoms with E-state index >= 15 is 0 Å². The lowest BCUT2D eigenvalue weighted by atomic mass is 10.2. The molecule has 180 valence electrons. The summed E-state index contributed by atoms with van der Waals surface area (Å²) in [4.78, 5) is 12.7. The average Bonchev–Trinajstić information content (AvgIpc) is 3.43. The molecule has 2 heterocycles. The molecule has 0 spiro atoms. The van der Waals surface area contributed by atoms with Crippen LogP contribution in [0.4, 0.5) is 0 Å². The molecule has 1 N–H and O–H groups in total. The van der Waals surface area contributed by atoms with Crippen molar-refractivity contribution in [2.24, 2.45) is 0 Å². The zero-order chi connectivity index (χ0) is 24.1. The number of benzene rings is 2. The Labute approximate surface area is 203 Å². The number of aldehydes is 1. The van der Waals surface area contributed by atoms with E-state index in [9.17, 15) is 18.3 Å². The summed E-state index contributed by atoms with van der Waals surface area (Å²) in [7, 11) is -3.10. The van der Waals surface area contributed by atoms with E-state index in [1.165, 1.54) is 0 Å². The molecule has 0 bridgehead atoms. The smallest absolute Gasteiger partial charge is 0.151 e. The van der Waals surface area contributed by atoms with Crippen molar-refractivity contribution < 1.29 is 27.5 Å². The maximum atomic E-state index is 12.1. The standard InChI is InChI=1S/C25H26ClNO6S/c26-20-3-1-2-19(12-20)25-9-8-24(33-25)14-27(21-10-11-34(30,31)17-21)13-22(29)16-32-23-6-4-18(15-28)5-7-23/h1-9,12,15,21-22,29H,10-11,13-14,16-17H2. The third-order valence-electron chi connectivity index (χ3n) is 5.76. The first-order chi connectivity index (χ1) is 16.3. The molecule has 1 saturated heterocycles. The van der Waals surface area contributed by atoms with Crippen LogP contribution in [0.1, 0.15) is 22.5 Å². The van der Waals surface area contributed by atoms with Crippen LogP contribution in [0.25, 0.3) is 11.3 Å². The summed E-state index contributed by atoms with van der Waals surface area (Å²) < 4.78 is 35.8. The van der Waals surface area contributed by atoms with Gasteiger partial charge in [-0.1, -0.05) is 23.7 Å². The van der Waals surface area contributed by atoms with Crippen LogP contribution < -0.4 is 4.74 Å². The van der Waals surface area contributed by atoms with E-state index in [0.29, 0.717) is 40.8 Å². The molecular formula is C25H26ClNO6S. The zero-order valence-electron chi connectivity index (χ0n) is 18.5. The van der Waals surface area contributed by atoms with Crippen LogP contribution in [-0.4, -0.2) is 61.5 Å². The third-order valence-corrected chi connectivity index (χ3v) is 7.74. The SMILES string of the molecule is O=Cc1ccc(OCC(O)CN(Cc2ccc(-c3cccc(Cl)c3)o2)C2CCS(=O)(=O)C2)cc1. The largest absolute Gasteiger partial charge is 0.491 e. The highest BCUT2D eigenvalue weighted by Gasteiger charge is 2.33. The molecular weight excluding hydrogens is 478 g/mol. The summed E-state index contributed by atoms with van der Waals surface area (Å²) in [6.07, 6.45) is 0.403. The highest BCUT2D eigenvalue weighted by Crippen LogP contribution is 2.27. The number of sulfone groups is 1. The van der Waals surface area contributed by atoms with E-state index in [2.05, 4.69) is 0 Å². The van der Waals surface area contributed by atoms with Crippen molar-refractivity contribution in [2.45, 2.75) is 25.1 Å². The van der Waals surface area contributed by atoms with Crippen LogP contribution in [0.5, 0.6) is 5.75 Å². The molecule has 34 heavy (non-hydrogen) atoms. The number of carbonyl (C=O) groups excluding carboxylic acids is 1. The normalized spacial score (nSPS) is 18.1. The molecule has 2 unspecified atom stereocenters. The van der Waals surface area contributed by atoms with Gasteiger partial charge in [0.05, 0.1) is 18.1 Å². The molecule has 9 heteroatoms. The molecule has 2 atom stereocenters. The summed E-state index contributed by atoms with van der Waals surface area (Å²) in [5.41, 5.74) is 1.39. The molecule has 7 nitrogen and oxygen atoms in total. The maximum Gasteiger partial charge on any atom is 0.151 e. The molecule has 0 aliphatic carbocycles. The summed E-state index contributed by atoms with van der Waals surface area (Å²) >= 11 is 6.08. The van der Waals surface area contributed by atoms with Crippen molar-refractivity contribution >= 4 is 27.7 Å². The van der Waals surface area contributed by atoms with Crippen LogP contribution in [-0.2, 0) is 16.4 Å². The Morgan fingerprint density at radius 2 is 1.97 bits per heavy atom. The van der Waals surface area contributed by atoms with Crippen molar-refractivity contribution in [3.05, 3.63) is 77.0 Å². The fourth-order valence-electron chi connectivity index (χ4n) is 4.02. The average molecular weight is 504 g/mol. The number of furan rings is 1. The van der Waals surface area contributed by atoms with Gasteiger partial charge in [-0.2, -0.15) is 0 Å². The lowest BCUT2D eigenvalue weighted by Crippen LogP contribution is -2.42. The number of halogens is 1. The van der Waals surface area contributed by atoms with Gasteiger partial charge in [0.1, 0.15) is 36.3 Å². The summed E-state index contributed by atoms with van der Waals surface area (Å²) in [6.45, 7) is 0.605. The molecule has 1 fully saturated rings. The number of aliphatic hydroxyl groups is 1. The van der Waals surface area contributed by atoms with Gasteiger partial charge in [-0.25, -0.2) is 8.42 Å². The summed E-state index contributed by atoms with van der Waals surface area (Å²) in [5, 5.41) is 11.3. The number of ether oxygens (including phenoxy) is 1. The van der Waals surface area contributed by atoms with E-state index in [1.54, 1.807) is 30.3 Å². The van der Waals surface area contributed by atoms with E-state index < -0.39 is 15.9 Å². The highest BCUT2D eigenvalue weighted by atomic mass is 35.5. The van der Waals surface area contributed by atoms with Crippen molar-refractivity contribution in [2.75, 3.05) is 24.7 Å². The van der Waals surface area contributed by atoms with Crippen LogP contribution in [0.15, 0.2) is 65.1 Å². The summed E-state index contributed by atoms with van der Waals surface area (Å²) in [5.74, 6) is 2.05. The lowest BCUT2D eigenvalue weighted by Gasteiger charge is -2.29. The van der Waals surface area contributed by atoms with Gasteiger partial charge in [-0.15, -0.1) is 0 Å². The first-order valence-electron chi connectivity index (χ1n) is 11.0. The topological polar surface area (TPSA) is 97.1 Å². The molecule has 0 amide bonds. The van der Waals surface area contributed by atoms with Gasteiger partial charge in [0, 0.05) is 28.7 Å². The second-order valence-electron chi connectivity index (χ2n) is 8.41. The Bertz CT molecular complexity index is 1220. The van der Waals surface area contributed by atoms with Crippen molar-refractivity contribution in [1.82, 2.24) is 4.90 Å². The van der Waals surface area contributed by atoms with E-state index in [-0.39, 0.29) is 30.7 Å². The molecule has 0 radical (unpaired) electrons. The fourth-order valence-corrected chi connectivity index (χ4v) is 5.98. The van der Waals surface area contributed by atoms with Crippen molar-refractivity contribution in [3.8, 4) is 17.1 Å². The molecule has 4 rings (SSSR count). The molecule has 1 aromatic heterocycles. The zero-order valence-corrected chi connectivity index (χ0v) is 20.0. The Balaban J connectivity index is 1.43. The number of hydrogen-bond acceptors (Lipinski definition) is 7. The lowest BCUT2D eigenvalue weighted by molar-refractivity contribution is 0.0498. The number of nitrogens with zero attached hydrogens (tertiary/aromatic N) is 1. The number of hydrogen-bond donors (Lipinski definition) is 1. The van der Waals surface area contributed by atoms with E-state index in [0.717, 1.165) is 11.8 Å². The minimum atomic E-state index is -3.10. The first kappa shape index (κ1) is 24.5. The summed E-state index contributed by atoms with van der Waals surface area (Å²) in [6, 6.07) is 17.4. The Hall–Kier alpha value is -2.65. The molecule has 1 aliphatic heterocycles. The predicted octanol–water partition coefficient (Wildman–Crippen LogP) is 3.84. The van der Waals surface area contributed by atoms with Crippen molar-refractivity contribution in [1.29, 1.82) is 0 Å². The molecule has 1 aliphatic rings.